The van der Waals surface area contributed by atoms with Crippen LogP contribution in [0.2, 0.25) is 0 Å². The fraction of sp³-hybridized carbons (Fsp3) is 0.882. The predicted octanol–water partition coefficient (Wildman–Crippen LogP) is 5.06. The summed E-state index contributed by atoms with van der Waals surface area (Å²) in [7, 11) is 0. The van der Waals surface area contributed by atoms with E-state index in [1.54, 1.807) is 11.1 Å². The standard InChI is InChI=1S/C15H27N.C2H6/c1-4-8-12-9-6-5-7-10-14(2)13(12)15(14,3)11-16;1-2/h4-11,16H2,1-3H3;1-2H3/b13-12+;. The molecule has 0 aromatic rings. The molecule has 0 amide bonds. The maximum absolute atomic E-state index is 6.04. The van der Waals surface area contributed by atoms with E-state index in [-0.39, 0.29) is 0 Å². The average Bonchev–Trinajstić information content (AvgIpc) is 2.84. The van der Waals surface area contributed by atoms with Gasteiger partial charge in [-0.2, -0.15) is 0 Å². The van der Waals surface area contributed by atoms with Crippen molar-refractivity contribution in [3.63, 3.8) is 0 Å². The molecule has 0 bridgehead atoms. The van der Waals surface area contributed by atoms with E-state index in [4.69, 9.17) is 5.73 Å². The second-order valence-corrected chi connectivity index (χ2v) is 6.16. The van der Waals surface area contributed by atoms with Gasteiger partial charge in [-0.3, -0.25) is 0 Å². The molecule has 2 unspecified atom stereocenters. The van der Waals surface area contributed by atoms with Crippen molar-refractivity contribution < 1.29 is 0 Å². The Bertz CT molecular complexity index is 305. The largest absolute Gasteiger partial charge is 0.330 e. The van der Waals surface area contributed by atoms with Gasteiger partial charge in [0, 0.05) is 12.0 Å². The molecule has 1 saturated carbocycles. The van der Waals surface area contributed by atoms with E-state index in [1.807, 2.05) is 13.8 Å². The number of nitrogens with two attached hydrogens (primary N) is 1. The Morgan fingerprint density at radius 3 is 2.33 bits per heavy atom. The SMILES string of the molecule is CC.CCC/C1=C2\C(C)(CN)C2(C)CCCCC1. The van der Waals surface area contributed by atoms with E-state index < -0.39 is 0 Å². The summed E-state index contributed by atoms with van der Waals surface area (Å²) in [5.41, 5.74) is 10.3. The van der Waals surface area contributed by atoms with Crippen LogP contribution in [-0.4, -0.2) is 6.54 Å². The topological polar surface area (TPSA) is 26.0 Å². The Balaban J connectivity index is 0.000000771. The van der Waals surface area contributed by atoms with Crippen molar-refractivity contribution >= 4 is 0 Å². The molecule has 0 aromatic carbocycles. The molecular weight excluding hydrogens is 218 g/mol. The van der Waals surface area contributed by atoms with Gasteiger partial charge in [0.1, 0.15) is 0 Å². The van der Waals surface area contributed by atoms with Crippen LogP contribution in [0.3, 0.4) is 0 Å². The van der Waals surface area contributed by atoms with Gasteiger partial charge in [-0.25, -0.2) is 0 Å². The molecule has 0 saturated heterocycles. The van der Waals surface area contributed by atoms with Crippen LogP contribution in [0.25, 0.3) is 0 Å². The molecule has 0 radical (unpaired) electrons. The lowest BCUT2D eigenvalue weighted by Gasteiger charge is -2.16. The first kappa shape index (κ1) is 15.8. The third kappa shape index (κ3) is 2.39. The summed E-state index contributed by atoms with van der Waals surface area (Å²) in [4.78, 5) is 0. The molecule has 0 aromatic heterocycles. The maximum atomic E-state index is 6.04. The summed E-state index contributed by atoms with van der Waals surface area (Å²) >= 11 is 0. The minimum atomic E-state index is 0.335. The normalized spacial score (nSPS) is 39.0. The predicted molar refractivity (Wildman–Crippen MR) is 81.6 cm³/mol. The van der Waals surface area contributed by atoms with E-state index in [2.05, 4.69) is 20.8 Å². The van der Waals surface area contributed by atoms with Crippen LogP contribution in [-0.2, 0) is 0 Å². The maximum Gasteiger partial charge on any atom is 0.0106 e. The Labute approximate surface area is 114 Å². The van der Waals surface area contributed by atoms with Gasteiger partial charge < -0.3 is 5.73 Å². The van der Waals surface area contributed by atoms with Crippen molar-refractivity contribution in [1.82, 2.24) is 0 Å². The van der Waals surface area contributed by atoms with Gasteiger partial charge >= 0.3 is 0 Å². The second kappa shape index (κ2) is 6.23. The second-order valence-electron chi connectivity index (χ2n) is 6.16. The molecule has 1 fully saturated rings. The molecule has 2 aliphatic carbocycles. The quantitative estimate of drug-likeness (QED) is 0.697. The Hall–Kier alpha value is -0.300. The van der Waals surface area contributed by atoms with E-state index in [9.17, 15) is 0 Å². The van der Waals surface area contributed by atoms with Crippen molar-refractivity contribution in [1.29, 1.82) is 0 Å². The minimum Gasteiger partial charge on any atom is -0.330 e. The van der Waals surface area contributed by atoms with Crippen molar-refractivity contribution in [2.75, 3.05) is 6.54 Å². The zero-order valence-electron chi connectivity index (χ0n) is 13.2. The average molecular weight is 251 g/mol. The molecule has 0 heterocycles. The van der Waals surface area contributed by atoms with Crippen LogP contribution >= 0.6 is 0 Å². The van der Waals surface area contributed by atoms with Gasteiger partial charge in [-0.15, -0.1) is 0 Å². The summed E-state index contributed by atoms with van der Waals surface area (Å²) < 4.78 is 0. The smallest absolute Gasteiger partial charge is 0.0106 e. The van der Waals surface area contributed by atoms with Gasteiger partial charge in [-0.1, -0.05) is 65.0 Å². The van der Waals surface area contributed by atoms with Gasteiger partial charge in [0.25, 0.3) is 0 Å². The van der Waals surface area contributed by atoms with Crippen LogP contribution in [0.1, 0.15) is 79.6 Å². The first-order valence-electron chi connectivity index (χ1n) is 8.03. The molecule has 106 valence electrons. The van der Waals surface area contributed by atoms with Gasteiger partial charge in [0.15, 0.2) is 0 Å². The van der Waals surface area contributed by atoms with E-state index >= 15 is 0 Å². The first-order chi connectivity index (χ1) is 8.60. The van der Waals surface area contributed by atoms with Crippen molar-refractivity contribution in [2.24, 2.45) is 16.6 Å². The monoisotopic (exact) mass is 251 g/mol. The molecule has 0 aliphatic heterocycles. The van der Waals surface area contributed by atoms with Gasteiger partial charge in [-0.05, 0) is 31.1 Å². The summed E-state index contributed by atoms with van der Waals surface area (Å²) in [6, 6.07) is 0. The highest BCUT2D eigenvalue weighted by Gasteiger charge is 2.65. The zero-order chi connectivity index (χ0) is 13.8. The lowest BCUT2D eigenvalue weighted by atomic mass is 9.89. The summed E-state index contributed by atoms with van der Waals surface area (Å²) in [6.45, 7) is 12.0. The number of fused-ring (bicyclic) bond motifs is 1. The Morgan fingerprint density at radius 2 is 1.78 bits per heavy atom. The molecule has 1 heteroatoms. The highest BCUT2D eigenvalue weighted by Crippen LogP contribution is 2.72. The van der Waals surface area contributed by atoms with Crippen LogP contribution in [0.4, 0.5) is 0 Å². The van der Waals surface area contributed by atoms with E-state index in [1.165, 1.54) is 44.9 Å². The van der Waals surface area contributed by atoms with Crippen molar-refractivity contribution in [3.8, 4) is 0 Å². The Morgan fingerprint density at radius 1 is 1.11 bits per heavy atom. The molecular formula is C17H33N. The number of rotatable bonds is 3. The minimum absolute atomic E-state index is 0.335. The fourth-order valence-corrected chi connectivity index (χ4v) is 4.00. The van der Waals surface area contributed by atoms with Crippen LogP contribution in [0.5, 0.6) is 0 Å². The number of allylic oxidation sites excluding steroid dienone is 1. The molecule has 2 atom stereocenters. The number of hydrogen-bond donors (Lipinski definition) is 1. The molecule has 18 heavy (non-hydrogen) atoms. The van der Waals surface area contributed by atoms with E-state index in [0.29, 0.717) is 10.8 Å². The van der Waals surface area contributed by atoms with E-state index in [0.717, 1.165) is 6.54 Å². The van der Waals surface area contributed by atoms with Crippen LogP contribution < -0.4 is 5.73 Å². The molecule has 0 spiro atoms. The number of hydrogen-bond acceptors (Lipinski definition) is 1. The molecule has 2 rings (SSSR count). The molecule has 2 aliphatic rings. The zero-order valence-corrected chi connectivity index (χ0v) is 13.2. The summed E-state index contributed by atoms with van der Waals surface area (Å²) in [5.74, 6) is 0. The first-order valence-corrected chi connectivity index (χ1v) is 8.03. The highest BCUT2D eigenvalue weighted by atomic mass is 14.8. The highest BCUT2D eigenvalue weighted by molar-refractivity contribution is 5.48. The van der Waals surface area contributed by atoms with Crippen LogP contribution in [0, 0.1) is 10.8 Å². The molecule has 1 nitrogen and oxygen atoms in total. The third-order valence-corrected chi connectivity index (χ3v) is 5.23. The van der Waals surface area contributed by atoms with Crippen LogP contribution in [0.15, 0.2) is 11.1 Å². The fourth-order valence-electron chi connectivity index (χ4n) is 4.00. The van der Waals surface area contributed by atoms with Gasteiger partial charge in [0.2, 0.25) is 0 Å². The molecule has 2 N–H and O–H groups in total. The Kier molecular flexibility index (Phi) is 5.46. The van der Waals surface area contributed by atoms with Crippen molar-refractivity contribution in [3.05, 3.63) is 11.1 Å². The van der Waals surface area contributed by atoms with Gasteiger partial charge in [0.05, 0.1) is 0 Å². The lowest BCUT2D eigenvalue weighted by Crippen LogP contribution is -2.18. The third-order valence-electron chi connectivity index (χ3n) is 5.23. The summed E-state index contributed by atoms with van der Waals surface area (Å²) in [6.07, 6.45) is 9.51. The van der Waals surface area contributed by atoms with Crippen molar-refractivity contribution in [2.45, 2.75) is 79.6 Å². The lowest BCUT2D eigenvalue weighted by molar-refractivity contribution is 0.357. The summed E-state index contributed by atoms with van der Waals surface area (Å²) in [5, 5.41) is 0.